The van der Waals surface area contributed by atoms with E-state index in [2.05, 4.69) is 15.3 Å². The maximum absolute atomic E-state index is 11.9. The lowest BCUT2D eigenvalue weighted by atomic mass is 9.97. The number of amides is 1. The minimum atomic E-state index is -5.08. The van der Waals surface area contributed by atoms with Crippen LogP contribution in [0.5, 0.6) is 0 Å². The van der Waals surface area contributed by atoms with Crippen LogP contribution in [-0.2, 0) is 19.1 Å². The molecule has 9 nitrogen and oxygen atoms in total. The average molecular weight is 406 g/mol. The lowest BCUT2D eigenvalue weighted by molar-refractivity contribution is -0.192. The first-order valence-corrected chi connectivity index (χ1v) is 8.39. The number of rotatable bonds is 4. The van der Waals surface area contributed by atoms with E-state index in [1.54, 1.807) is 18.5 Å². The van der Waals surface area contributed by atoms with E-state index < -0.39 is 12.1 Å². The third kappa shape index (κ3) is 6.02. The smallest absolute Gasteiger partial charge is 0.475 e. The zero-order chi connectivity index (χ0) is 20.8. The van der Waals surface area contributed by atoms with E-state index in [0.29, 0.717) is 19.1 Å². The van der Waals surface area contributed by atoms with Crippen LogP contribution in [-0.4, -0.2) is 83.1 Å². The Morgan fingerprint density at radius 2 is 2.07 bits per heavy atom. The van der Waals surface area contributed by atoms with Crippen LogP contribution in [0.3, 0.4) is 0 Å². The lowest BCUT2D eigenvalue weighted by Crippen LogP contribution is -2.37. The van der Waals surface area contributed by atoms with Gasteiger partial charge in [0, 0.05) is 39.0 Å². The molecule has 1 amide bonds. The van der Waals surface area contributed by atoms with Crippen LogP contribution in [0.1, 0.15) is 12.8 Å². The average Bonchev–Trinajstić information content (AvgIpc) is 3.23. The van der Waals surface area contributed by atoms with E-state index in [1.165, 1.54) is 7.11 Å². The summed E-state index contributed by atoms with van der Waals surface area (Å²) in [6, 6.07) is 1.97. The maximum atomic E-state index is 11.9. The molecule has 1 spiro atoms. The molecule has 3 rings (SSSR count). The number of halogens is 3. The number of methoxy groups -OCH3 is 1. The molecule has 0 aliphatic carbocycles. The first-order chi connectivity index (χ1) is 13.1. The van der Waals surface area contributed by atoms with Crippen molar-refractivity contribution in [2.24, 2.45) is 0 Å². The van der Waals surface area contributed by atoms with Gasteiger partial charge in [0.1, 0.15) is 6.61 Å². The minimum absolute atomic E-state index is 0.0285. The Labute approximate surface area is 158 Å². The Balaban J connectivity index is 0.000000345. The molecule has 2 N–H and O–H groups in total. The first-order valence-electron chi connectivity index (χ1n) is 8.39. The number of carbonyl (C=O) groups is 2. The number of ether oxygens (including phenoxy) is 2. The van der Waals surface area contributed by atoms with Crippen molar-refractivity contribution in [3.8, 4) is 0 Å². The normalized spacial score (nSPS) is 24.0. The number of carboxylic acids is 1. The van der Waals surface area contributed by atoms with Gasteiger partial charge >= 0.3 is 12.1 Å². The number of aromatic nitrogens is 2. The fourth-order valence-corrected chi connectivity index (χ4v) is 3.05. The van der Waals surface area contributed by atoms with Crippen LogP contribution in [0, 0.1) is 0 Å². The molecule has 2 aliphatic heterocycles. The topological polar surface area (TPSA) is 114 Å². The van der Waals surface area contributed by atoms with Crippen molar-refractivity contribution < 1.29 is 37.3 Å². The SMILES string of the molecule is COCC(=O)N1CCC2(CC(Nc3ncccn3)CO2)C1.O=C(O)C(F)(F)F. The second kappa shape index (κ2) is 9.15. The quantitative estimate of drug-likeness (QED) is 0.759. The van der Waals surface area contributed by atoms with Crippen LogP contribution in [0.15, 0.2) is 18.5 Å². The summed E-state index contributed by atoms with van der Waals surface area (Å²) in [5, 5.41) is 10.4. The van der Waals surface area contributed by atoms with Gasteiger partial charge in [-0.1, -0.05) is 0 Å². The number of hydrogen-bond donors (Lipinski definition) is 2. The van der Waals surface area contributed by atoms with Crippen molar-refractivity contribution in [2.75, 3.05) is 38.7 Å². The summed E-state index contributed by atoms with van der Waals surface area (Å²) >= 11 is 0. The van der Waals surface area contributed by atoms with E-state index in [1.807, 2.05) is 4.90 Å². The highest BCUT2D eigenvalue weighted by atomic mass is 19.4. The number of likely N-dealkylation sites (tertiary alicyclic amines) is 1. The Kier molecular flexibility index (Phi) is 7.13. The van der Waals surface area contributed by atoms with E-state index in [9.17, 15) is 18.0 Å². The number of hydrogen-bond acceptors (Lipinski definition) is 7. The third-order valence-corrected chi connectivity index (χ3v) is 4.29. The Hall–Kier alpha value is -2.47. The fourth-order valence-electron chi connectivity index (χ4n) is 3.05. The molecular weight excluding hydrogens is 385 g/mol. The van der Waals surface area contributed by atoms with E-state index in [4.69, 9.17) is 19.4 Å². The lowest BCUT2D eigenvalue weighted by Gasteiger charge is -2.23. The number of anilines is 1. The first kappa shape index (κ1) is 21.8. The van der Waals surface area contributed by atoms with Crippen molar-refractivity contribution in [1.29, 1.82) is 0 Å². The van der Waals surface area contributed by atoms with E-state index in [-0.39, 0.29) is 24.2 Å². The molecule has 2 atom stereocenters. The Bertz CT molecular complexity index is 676. The van der Waals surface area contributed by atoms with Crippen molar-refractivity contribution >= 4 is 17.8 Å². The highest BCUT2D eigenvalue weighted by Gasteiger charge is 2.46. The summed E-state index contributed by atoms with van der Waals surface area (Å²) in [4.78, 5) is 30.9. The Morgan fingerprint density at radius 3 is 2.64 bits per heavy atom. The van der Waals surface area contributed by atoms with Gasteiger partial charge in [0.2, 0.25) is 11.9 Å². The van der Waals surface area contributed by atoms with Crippen molar-refractivity contribution in [3.63, 3.8) is 0 Å². The van der Waals surface area contributed by atoms with Crippen LogP contribution in [0.2, 0.25) is 0 Å². The zero-order valence-electron chi connectivity index (χ0n) is 15.1. The molecule has 28 heavy (non-hydrogen) atoms. The van der Waals surface area contributed by atoms with Crippen molar-refractivity contribution in [2.45, 2.75) is 30.7 Å². The predicted octanol–water partition coefficient (Wildman–Crippen LogP) is 0.928. The number of nitrogens with zero attached hydrogens (tertiary/aromatic N) is 3. The summed E-state index contributed by atoms with van der Waals surface area (Å²) in [5.74, 6) is -2.11. The molecule has 2 unspecified atom stereocenters. The second-order valence-electron chi connectivity index (χ2n) is 6.41. The fraction of sp³-hybridized carbons (Fsp3) is 0.625. The molecule has 0 aromatic carbocycles. The summed E-state index contributed by atoms with van der Waals surface area (Å²) in [6.07, 6.45) is 0.0710. The van der Waals surface area contributed by atoms with Gasteiger partial charge in [-0.15, -0.1) is 0 Å². The van der Waals surface area contributed by atoms with Crippen molar-refractivity contribution in [1.82, 2.24) is 14.9 Å². The molecule has 12 heteroatoms. The van der Waals surface area contributed by atoms with Gasteiger partial charge in [0.05, 0.1) is 18.2 Å². The van der Waals surface area contributed by atoms with E-state index >= 15 is 0 Å². The highest BCUT2D eigenvalue weighted by Crippen LogP contribution is 2.35. The number of nitrogens with one attached hydrogen (secondary N) is 1. The van der Waals surface area contributed by atoms with Crippen LogP contribution in [0.25, 0.3) is 0 Å². The standard InChI is InChI=1S/C14H20N4O3.C2HF3O2/c1-20-9-12(19)18-6-3-14(10-18)7-11(8-21-14)17-13-15-4-2-5-16-13;3-2(4,5)1(6)7/h2,4-5,11H,3,6-10H2,1H3,(H,15,16,17);(H,6,7). The van der Waals surface area contributed by atoms with Crippen LogP contribution >= 0.6 is 0 Å². The van der Waals surface area contributed by atoms with Gasteiger partial charge in [0.25, 0.3) is 0 Å². The van der Waals surface area contributed by atoms with Crippen LogP contribution in [0.4, 0.5) is 19.1 Å². The molecule has 0 radical (unpaired) electrons. The van der Waals surface area contributed by atoms with Gasteiger partial charge in [-0.25, -0.2) is 14.8 Å². The summed E-state index contributed by atoms with van der Waals surface area (Å²) in [5.41, 5.74) is -0.226. The molecule has 2 aliphatic rings. The molecule has 1 aromatic heterocycles. The van der Waals surface area contributed by atoms with Gasteiger partial charge in [-0.3, -0.25) is 4.79 Å². The molecular formula is C16H21F3N4O5. The van der Waals surface area contributed by atoms with Crippen LogP contribution < -0.4 is 5.32 Å². The molecule has 0 bridgehead atoms. The van der Waals surface area contributed by atoms with Gasteiger partial charge in [-0.2, -0.15) is 13.2 Å². The Morgan fingerprint density at radius 1 is 1.43 bits per heavy atom. The monoisotopic (exact) mass is 406 g/mol. The molecule has 2 fully saturated rings. The van der Waals surface area contributed by atoms with Crippen molar-refractivity contribution in [3.05, 3.63) is 18.5 Å². The highest BCUT2D eigenvalue weighted by molar-refractivity contribution is 5.77. The van der Waals surface area contributed by atoms with Gasteiger partial charge in [0.15, 0.2) is 0 Å². The van der Waals surface area contributed by atoms with E-state index in [0.717, 1.165) is 19.4 Å². The van der Waals surface area contributed by atoms with Gasteiger partial charge in [-0.05, 0) is 12.5 Å². The third-order valence-electron chi connectivity index (χ3n) is 4.29. The number of carboxylic acid groups (broad SMARTS) is 1. The predicted molar refractivity (Wildman–Crippen MR) is 89.5 cm³/mol. The summed E-state index contributed by atoms with van der Waals surface area (Å²) in [6.45, 7) is 2.12. The number of aliphatic carboxylic acids is 1. The number of alkyl halides is 3. The number of carbonyl (C=O) groups excluding carboxylic acids is 1. The molecule has 0 saturated carbocycles. The zero-order valence-corrected chi connectivity index (χ0v) is 15.1. The molecule has 1 aromatic rings. The molecule has 2 saturated heterocycles. The molecule has 156 valence electrons. The maximum Gasteiger partial charge on any atom is 0.490 e. The summed E-state index contributed by atoms with van der Waals surface area (Å²) in [7, 11) is 1.54. The second-order valence-corrected chi connectivity index (χ2v) is 6.41. The largest absolute Gasteiger partial charge is 0.490 e. The minimum Gasteiger partial charge on any atom is -0.475 e. The van der Waals surface area contributed by atoms with Gasteiger partial charge < -0.3 is 24.8 Å². The molecule has 3 heterocycles. The summed E-state index contributed by atoms with van der Waals surface area (Å²) < 4.78 is 42.6.